The first kappa shape index (κ1) is 17.1. The Balaban J connectivity index is 1.65. The lowest BCUT2D eigenvalue weighted by Crippen LogP contribution is -2.22. The first-order chi connectivity index (χ1) is 12.6. The Bertz CT molecular complexity index is 955. The van der Waals surface area contributed by atoms with Crippen LogP contribution in [0.3, 0.4) is 0 Å². The van der Waals surface area contributed by atoms with E-state index in [1.807, 2.05) is 18.2 Å². The number of nitro benzene ring substituents is 1. The minimum Gasteiger partial charge on any atom is -0.258 e. The average Bonchev–Trinajstić information content (AvgIpc) is 3.50. The Morgan fingerprint density at radius 2 is 1.73 bits per heavy atom. The third kappa shape index (κ3) is 3.45. The SMILES string of the molecule is CC(c1ccc2ccccc2c1)N(Sc1ccccc1[N+](=O)[O-])C1CC1. The van der Waals surface area contributed by atoms with Gasteiger partial charge in [-0.15, -0.1) is 0 Å². The number of nitro groups is 1. The van der Waals surface area contributed by atoms with Crippen LogP contribution in [0.5, 0.6) is 0 Å². The standard InChI is InChI=1S/C21H20N2O2S/c1-15(17-11-10-16-6-2-3-7-18(16)14-17)22(19-12-13-19)26-21-9-5-4-8-20(21)23(24)25/h2-11,14-15,19H,12-13H2,1H3. The maximum absolute atomic E-state index is 11.3. The Morgan fingerprint density at radius 1 is 1.04 bits per heavy atom. The molecule has 1 atom stereocenters. The van der Waals surface area contributed by atoms with Crippen LogP contribution in [0, 0.1) is 10.1 Å². The summed E-state index contributed by atoms with van der Waals surface area (Å²) in [7, 11) is 0. The van der Waals surface area contributed by atoms with E-state index >= 15 is 0 Å². The Kier molecular flexibility index (Phi) is 4.66. The summed E-state index contributed by atoms with van der Waals surface area (Å²) in [5, 5.41) is 13.8. The summed E-state index contributed by atoms with van der Waals surface area (Å²) < 4.78 is 2.33. The summed E-state index contributed by atoms with van der Waals surface area (Å²) in [5.74, 6) is 0. The van der Waals surface area contributed by atoms with E-state index in [9.17, 15) is 10.1 Å². The van der Waals surface area contributed by atoms with E-state index in [4.69, 9.17) is 0 Å². The van der Waals surface area contributed by atoms with Crippen LogP contribution in [0.1, 0.15) is 31.4 Å². The molecule has 4 rings (SSSR count). The maximum atomic E-state index is 11.3. The lowest BCUT2D eigenvalue weighted by molar-refractivity contribution is -0.387. The molecule has 0 spiro atoms. The Morgan fingerprint density at radius 3 is 2.46 bits per heavy atom. The van der Waals surface area contributed by atoms with Crippen LogP contribution in [0.4, 0.5) is 5.69 Å². The Hall–Kier alpha value is -2.37. The summed E-state index contributed by atoms with van der Waals surface area (Å²) in [6.07, 6.45) is 2.29. The van der Waals surface area contributed by atoms with Crippen molar-refractivity contribution < 1.29 is 4.92 Å². The highest BCUT2D eigenvalue weighted by atomic mass is 32.2. The van der Waals surface area contributed by atoms with Gasteiger partial charge in [-0.25, -0.2) is 4.31 Å². The molecule has 1 fully saturated rings. The molecule has 0 aromatic heterocycles. The van der Waals surface area contributed by atoms with Crippen molar-refractivity contribution in [2.45, 2.75) is 36.7 Å². The first-order valence-corrected chi connectivity index (χ1v) is 9.59. The van der Waals surface area contributed by atoms with Gasteiger partial charge in [0.2, 0.25) is 0 Å². The van der Waals surface area contributed by atoms with Crippen molar-refractivity contribution in [3.63, 3.8) is 0 Å². The molecule has 1 saturated carbocycles. The average molecular weight is 364 g/mol. The Labute approximate surface area is 157 Å². The van der Waals surface area contributed by atoms with Crippen LogP contribution in [-0.4, -0.2) is 15.3 Å². The molecule has 1 aliphatic carbocycles. The van der Waals surface area contributed by atoms with Crippen molar-refractivity contribution in [2.75, 3.05) is 0 Å². The number of rotatable bonds is 6. The van der Waals surface area contributed by atoms with Crippen molar-refractivity contribution in [3.05, 3.63) is 82.4 Å². The van der Waals surface area contributed by atoms with Crippen LogP contribution in [0.25, 0.3) is 10.8 Å². The van der Waals surface area contributed by atoms with Gasteiger partial charge in [0.05, 0.1) is 4.92 Å². The number of hydrogen-bond donors (Lipinski definition) is 0. The van der Waals surface area contributed by atoms with Gasteiger partial charge in [-0.2, -0.15) is 0 Å². The monoisotopic (exact) mass is 364 g/mol. The fourth-order valence-corrected chi connectivity index (χ4v) is 4.45. The van der Waals surface area contributed by atoms with E-state index in [0.29, 0.717) is 10.9 Å². The topological polar surface area (TPSA) is 46.4 Å². The third-order valence-corrected chi connectivity index (χ3v) is 6.18. The first-order valence-electron chi connectivity index (χ1n) is 8.82. The molecule has 0 N–H and O–H groups in total. The van der Waals surface area contributed by atoms with Gasteiger partial charge in [0, 0.05) is 18.2 Å². The van der Waals surface area contributed by atoms with Crippen molar-refractivity contribution >= 4 is 28.4 Å². The van der Waals surface area contributed by atoms with Gasteiger partial charge in [-0.3, -0.25) is 10.1 Å². The van der Waals surface area contributed by atoms with Crippen molar-refractivity contribution in [1.82, 2.24) is 4.31 Å². The number of nitrogens with zero attached hydrogens (tertiary/aromatic N) is 2. The molecule has 3 aromatic carbocycles. The highest BCUT2D eigenvalue weighted by molar-refractivity contribution is 7.97. The van der Waals surface area contributed by atoms with Gasteiger partial charge >= 0.3 is 0 Å². The van der Waals surface area contributed by atoms with Crippen LogP contribution >= 0.6 is 11.9 Å². The number of hydrogen-bond acceptors (Lipinski definition) is 4. The van der Waals surface area contributed by atoms with E-state index in [1.54, 1.807) is 12.1 Å². The number of para-hydroxylation sites is 1. The predicted octanol–water partition coefficient (Wildman–Crippen LogP) is 5.98. The fourth-order valence-electron chi connectivity index (χ4n) is 3.21. The predicted molar refractivity (Wildman–Crippen MR) is 106 cm³/mol. The molecular formula is C21H20N2O2S. The maximum Gasteiger partial charge on any atom is 0.284 e. The molecule has 0 amide bonds. The summed E-state index contributed by atoms with van der Waals surface area (Å²) in [5.41, 5.74) is 1.41. The van der Waals surface area contributed by atoms with Gasteiger partial charge in [0.1, 0.15) is 4.90 Å². The number of fused-ring (bicyclic) bond motifs is 1. The molecule has 1 unspecified atom stereocenters. The molecule has 26 heavy (non-hydrogen) atoms. The third-order valence-electron chi connectivity index (χ3n) is 4.81. The van der Waals surface area contributed by atoms with Crippen LogP contribution in [0.2, 0.25) is 0 Å². The van der Waals surface area contributed by atoms with E-state index in [1.165, 1.54) is 28.3 Å². The molecule has 5 heteroatoms. The molecule has 0 bridgehead atoms. The van der Waals surface area contributed by atoms with Gasteiger partial charge in [0.15, 0.2) is 0 Å². The largest absolute Gasteiger partial charge is 0.284 e. The molecule has 132 valence electrons. The second-order valence-electron chi connectivity index (χ2n) is 6.69. The highest BCUT2D eigenvalue weighted by Crippen LogP contribution is 2.44. The summed E-state index contributed by atoms with van der Waals surface area (Å²) >= 11 is 1.51. The summed E-state index contributed by atoms with van der Waals surface area (Å²) in [4.78, 5) is 11.8. The van der Waals surface area contributed by atoms with Crippen molar-refractivity contribution in [3.8, 4) is 0 Å². The molecular weight excluding hydrogens is 344 g/mol. The molecule has 0 saturated heterocycles. The summed E-state index contributed by atoms with van der Waals surface area (Å²) in [6.45, 7) is 2.18. The van der Waals surface area contributed by atoms with Crippen LogP contribution in [-0.2, 0) is 0 Å². The summed E-state index contributed by atoms with van der Waals surface area (Å²) in [6, 6.07) is 22.5. The van der Waals surface area contributed by atoms with Gasteiger partial charge in [-0.1, -0.05) is 48.5 Å². The molecule has 1 aliphatic rings. The second kappa shape index (κ2) is 7.09. The van der Waals surface area contributed by atoms with E-state index in [-0.39, 0.29) is 16.7 Å². The number of benzene rings is 3. The smallest absolute Gasteiger partial charge is 0.258 e. The molecule has 0 radical (unpaired) electrons. The quantitative estimate of drug-likeness (QED) is 0.307. The lowest BCUT2D eigenvalue weighted by atomic mass is 10.0. The lowest BCUT2D eigenvalue weighted by Gasteiger charge is -2.28. The van der Waals surface area contributed by atoms with Crippen molar-refractivity contribution in [1.29, 1.82) is 0 Å². The van der Waals surface area contributed by atoms with Gasteiger partial charge in [-0.05, 0) is 60.2 Å². The minimum atomic E-state index is -0.298. The molecule has 0 heterocycles. The molecule has 3 aromatic rings. The zero-order chi connectivity index (χ0) is 18.1. The van der Waals surface area contributed by atoms with Gasteiger partial charge in [0.25, 0.3) is 5.69 Å². The van der Waals surface area contributed by atoms with Crippen LogP contribution in [0.15, 0.2) is 71.6 Å². The van der Waals surface area contributed by atoms with E-state index < -0.39 is 0 Å². The van der Waals surface area contributed by atoms with Gasteiger partial charge < -0.3 is 0 Å². The zero-order valence-corrected chi connectivity index (χ0v) is 15.4. The van der Waals surface area contributed by atoms with E-state index in [0.717, 1.165) is 12.8 Å². The zero-order valence-electron chi connectivity index (χ0n) is 14.5. The molecule has 0 aliphatic heterocycles. The fraction of sp³-hybridized carbons (Fsp3) is 0.238. The van der Waals surface area contributed by atoms with E-state index in [2.05, 4.69) is 47.6 Å². The van der Waals surface area contributed by atoms with Crippen LogP contribution < -0.4 is 0 Å². The highest BCUT2D eigenvalue weighted by Gasteiger charge is 2.35. The normalized spacial score (nSPS) is 15.3. The minimum absolute atomic E-state index is 0.175. The van der Waals surface area contributed by atoms with Crippen molar-refractivity contribution in [2.24, 2.45) is 0 Å². The molecule has 4 nitrogen and oxygen atoms in total. The second-order valence-corrected chi connectivity index (χ2v) is 7.73.